The van der Waals surface area contributed by atoms with E-state index < -0.39 is 0 Å². The molecule has 90 valence electrons. The van der Waals surface area contributed by atoms with Gasteiger partial charge in [-0.05, 0) is 24.7 Å². The normalized spacial score (nSPS) is 19.6. The van der Waals surface area contributed by atoms with Crippen LogP contribution in [0.1, 0.15) is 32.1 Å². The summed E-state index contributed by atoms with van der Waals surface area (Å²) in [5.74, 6) is 0. The lowest BCUT2D eigenvalue weighted by molar-refractivity contribution is 0.131. The number of methoxy groups -OCH3 is 2. The lowest BCUT2D eigenvalue weighted by atomic mass is 9.83. The smallest absolute Gasteiger partial charge is 0.0587 e. The molecule has 1 N–H and O–H groups in total. The predicted molar refractivity (Wildman–Crippen MR) is 62.1 cm³/mol. The standard InChI is InChI=1S/C12H25NO2/c1-14-9-7-12(5-3-4-6-12)11-13-8-10-15-2/h13H,3-11H2,1-2H3. The van der Waals surface area contributed by atoms with Crippen LogP contribution in [0.2, 0.25) is 0 Å². The highest BCUT2D eigenvalue weighted by Crippen LogP contribution is 2.40. The SMILES string of the molecule is COCCNCC1(CCOC)CCCC1. The van der Waals surface area contributed by atoms with Crippen LogP contribution in [0.5, 0.6) is 0 Å². The van der Waals surface area contributed by atoms with Gasteiger partial charge in [-0.2, -0.15) is 0 Å². The summed E-state index contributed by atoms with van der Waals surface area (Å²) in [6.07, 6.45) is 6.68. The largest absolute Gasteiger partial charge is 0.385 e. The van der Waals surface area contributed by atoms with Crippen molar-refractivity contribution in [2.24, 2.45) is 5.41 Å². The Labute approximate surface area is 93.5 Å². The quantitative estimate of drug-likeness (QED) is 0.627. The lowest BCUT2D eigenvalue weighted by Crippen LogP contribution is -2.34. The van der Waals surface area contributed by atoms with E-state index in [1.807, 2.05) is 0 Å². The summed E-state index contributed by atoms with van der Waals surface area (Å²) >= 11 is 0. The summed E-state index contributed by atoms with van der Waals surface area (Å²) in [7, 11) is 3.54. The van der Waals surface area contributed by atoms with Crippen LogP contribution in [0, 0.1) is 5.41 Å². The van der Waals surface area contributed by atoms with Crippen molar-refractivity contribution in [3.8, 4) is 0 Å². The highest BCUT2D eigenvalue weighted by Gasteiger charge is 2.32. The zero-order chi connectivity index (χ0) is 11.0. The molecule has 0 unspecified atom stereocenters. The molecule has 0 aromatic rings. The summed E-state index contributed by atoms with van der Waals surface area (Å²) in [5, 5.41) is 3.50. The molecule has 3 heteroatoms. The summed E-state index contributed by atoms with van der Waals surface area (Å²) < 4.78 is 10.2. The fraction of sp³-hybridized carbons (Fsp3) is 1.00. The van der Waals surface area contributed by atoms with Gasteiger partial charge >= 0.3 is 0 Å². The topological polar surface area (TPSA) is 30.5 Å². The van der Waals surface area contributed by atoms with Gasteiger partial charge < -0.3 is 14.8 Å². The van der Waals surface area contributed by atoms with Crippen LogP contribution < -0.4 is 5.32 Å². The third-order valence-corrected chi connectivity index (χ3v) is 3.48. The molecular weight excluding hydrogens is 190 g/mol. The average molecular weight is 215 g/mol. The molecule has 0 saturated heterocycles. The average Bonchev–Trinajstić information content (AvgIpc) is 2.71. The first-order valence-corrected chi connectivity index (χ1v) is 6.02. The van der Waals surface area contributed by atoms with Crippen LogP contribution in [0.4, 0.5) is 0 Å². The van der Waals surface area contributed by atoms with E-state index in [1.165, 1.54) is 32.1 Å². The number of hydrogen-bond acceptors (Lipinski definition) is 3. The van der Waals surface area contributed by atoms with Gasteiger partial charge in [0.15, 0.2) is 0 Å². The summed E-state index contributed by atoms with van der Waals surface area (Å²) in [4.78, 5) is 0. The Bertz CT molecular complexity index is 156. The second-order valence-electron chi connectivity index (χ2n) is 4.62. The third-order valence-electron chi connectivity index (χ3n) is 3.48. The second-order valence-corrected chi connectivity index (χ2v) is 4.62. The molecule has 1 rings (SSSR count). The molecule has 0 aromatic heterocycles. The van der Waals surface area contributed by atoms with Crippen molar-refractivity contribution in [2.45, 2.75) is 32.1 Å². The van der Waals surface area contributed by atoms with Crippen LogP contribution >= 0.6 is 0 Å². The van der Waals surface area contributed by atoms with Crippen molar-refractivity contribution in [2.75, 3.05) is 40.5 Å². The Morgan fingerprint density at radius 3 is 2.33 bits per heavy atom. The molecule has 1 saturated carbocycles. The molecule has 3 nitrogen and oxygen atoms in total. The lowest BCUT2D eigenvalue weighted by Gasteiger charge is -2.29. The van der Waals surface area contributed by atoms with Gasteiger partial charge in [0.05, 0.1) is 6.61 Å². The molecule has 15 heavy (non-hydrogen) atoms. The summed E-state index contributed by atoms with van der Waals surface area (Å²) in [5.41, 5.74) is 0.504. The van der Waals surface area contributed by atoms with E-state index in [9.17, 15) is 0 Å². The molecule has 0 aliphatic heterocycles. The molecule has 0 bridgehead atoms. The minimum absolute atomic E-state index is 0.504. The molecule has 1 fully saturated rings. The molecule has 0 radical (unpaired) electrons. The minimum Gasteiger partial charge on any atom is -0.385 e. The zero-order valence-corrected chi connectivity index (χ0v) is 10.2. The van der Waals surface area contributed by atoms with Gasteiger partial charge in [0.2, 0.25) is 0 Å². The van der Waals surface area contributed by atoms with E-state index >= 15 is 0 Å². The summed E-state index contributed by atoms with van der Waals surface area (Å²) in [6.45, 7) is 3.79. The Hall–Kier alpha value is -0.120. The number of nitrogens with one attached hydrogen (secondary N) is 1. The predicted octanol–water partition coefficient (Wildman–Crippen LogP) is 1.82. The van der Waals surface area contributed by atoms with Gasteiger partial charge in [-0.25, -0.2) is 0 Å². The van der Waals surface area contributed by atoms with Crippen LogP contribution in [-0.2, 0) is 9.47 Å². The van der Waals surface area contributed by atoms with E-state index in [0.717, 1.165) is 26.3 Å². The Balaban J connectivity index is 2.23. The van der Waals surface area contributed by atoms with Gasteiger partial charge in [-0.3, -0.25) is 0 Å². The number of ether oxygens (including phenoxy) is 2. The van der Waals surface area contributed by atoms with Crippen LogP contribution in [0.15, 0.2) is 0 Å². The van der Waals surface area contributed by atoms with E-state index in [4.69, 9.17) is 9.47 Å². The van der Waals surface area contributed by atoms with Crippen LogP contribution in [-0.4, -0.2) is 40.5 Å². The van der Waals surface area contributed by atoms with E-state index in [2.05, 4.69) is 5.32 Å². The monoisotopic (exact) mass is 215 g/mol. The van der Waals surface area contributed by atoms with E-state index in [1.54, 1.807) is 14.2 Å². The first-order chi connectivity index (χ1) is 7.33. The Kier molecular flexibility index (Phi) is 6.22. The van der Waals surface area contributed by atoms with Crippen molar-refractivity contribution in [1.82, 2.24) is 5.32 Å². The van der Waals surface area contributed by atoms with Gasteiger partial charge in [-0.1, -0.05) is 12.8 Å². The maximum absolute atomic E-state index is 5.20. The maximum Gasteiger partial charge on any atom is 0.0587 e. The highest BCUT2D eigenvalue weighted by molar-refractivity contribution is 4.86. The highest BCUT2D eigenvalue weighted by atomic mass is 16.5. The number of hydrogen-bond donors (Lipinski definition) is 1. The van der Waals surface area contributed by atoms with Crippen molar-refractivity contribution >= 4 is 0 Å². The zero-order valence-electron chi connectivity index (χ0n) is 10.2. The minimum atomic E-state index is 0.504. The molecule has 0 aromatic carbocycles. The molecule has 1 aliphatic rings. The van der Waals surface area contributed by atoms with Crippen molar-refractivity contribution in [1.29, 1.82) is 0 Å². The molecular formula is C12H25NO2. The first kappa shape index (κ1) is 12.9. The second kappa shape index (κ2) is 7.20. The molecule has 0 atom stereocenters. The van der Waals surface area contributed by atoms with Crippen molar-refractivity contribution < 1.29 is 9.47 Å². The van der Waals surface area contributed by atoms with Crippen molar-refractivity contribution in [3.63, 3.8) is 0 Å². The number of rotatable bonds is 8. The van der Waals surface area contributed by atoms with Gasteiger partial charge in [0.25, 0.3) is 0 Å². The fourth-order valence-electron chi connectivity index (χ4n) is 2.49. The third kappa shape index (κ3) is 4.49. The van der Waals surface area contributed by atoms with Crippen LogP contribution in [0.25, 0.3) is 0 Å². The molecule has 0 spiro atoms. The van der Waals surface area contributed by atoms with Gasteiger partial charge in [0.1, 0.15) is 0 Å². The fourth-order valence-corrected chi connectivity index (χ4v) is 2.49. The van der Waals surface area contributed by atoms with E-state index in [-0.39, 0.29) is 0 Å². The van der Waals surface area contributed by atoms with Gasteiger partial charge in [0, 0.05) is 33.9 Å². The maximum atomic E-state index is 5.20. The van der Waals surface area contributed by atoms with Gasteiger partial charge in [-0.15, -0.1) is 0 Å². The molecule has 1 aliphatic carbocycles. The Morgan fingerprint density at radius 2 is 1.73 bits per heavy atom. The molecule has 0 heterocycles. The van der Waals surface area contributed by atoms with E-state index in [0.29, 0.717) is 5.41 Å². The van der Waals surface area contributed by atoms with Crippen LogP contribution in [0.3, 0.4) is 0 Å². The summed E-state index contributed by atoms with van der Waals surface area (Å²) in [6, 6.07) is 0. The van der Waals surface area contributed by atoms with Crippen molar-refractivity contribution in [3.05, 3.63) is 0 Å². The molecule has 0 amide bonds. The first-order valence-electron chi connectivity index (χ1n) is 6.02. The Morgan fingerprint density at radius 1 is 1.07 bits per heavy atom.